The largest absolute Gasteiger partial charge is 0.497 e. The minimum Gasteiger partial charge on any atom is -0.497 e. The molecule has 0 bridgehead atoms. The maximum absolute atomic E-state index is 12.9. The van der Waals surface area contributed by atoms with E-state index in [2.05, 4.69) is 10.3 Å². The number of amides is 1. The highest BCUT2D eigenvalue weighted by Gasteiger charge is 2.49. The fraction of sp³-hybridized carbons (Fsp3) is 0.273. The molecule has 1 fully saturated rings. The fourth-order valence-electron chi connectivity index (χ4n) is 3.28. The first kappa shape index (κ1) is 19.0. The molecule has 0 saturated heterocycles. The zero-order chi connectivity index (χ0) is 19.6. The van der Waals surface area contributed by atoms with Crippen LogP contribution in [0.4, 0.5) is 5.13 Å². The molecular weight excluding hydrogens is 392 g/mol. The number of benzene rings is 2. The van der Waals surface area contributed by atoms with E-state index < -0.39 is 0 Å². The van der Waals surface area contributed by atoms with Gasteiger partial charge in [-0.05, 0) is 48.6 Å². The minimum absolute atomic E-state index is 0.0574. The van der Waals surface area contributed by atoms with E-state index in [9.17, 15) is 4.79 Å². The van der Waals surface area contributed by atoms with E-state index in [0.29, 0.717) is 11.6 Å². The summed E-state index contributed by atoms with van der Waals surface area (Å²) in [7, 11) is 1.65. The Labute approximate surface area is 173 Å². The van der Waals surface area contributed by atoms with Crippen molar-refractivity contribution in [1.29, 1.82) is 0 Å². The highest BCUT2D eigenvalue weighted by molar-refractivity contribution is 7.15. The molecule has 28 heavy (non-hydrogen) atoms. The van der Waals surface area contributed by atoms with Crippen LogP contribution in [-0.2, 0) is 17.6 Å². The number of methoxy groups -OCH3 is 1. The molecule has 4 nitrogen and oxygen atoms in total. The lowest BCUT2D eigenvalue weighted by Gasteiger charge is -2.14. The van der Waals surface area contributed by atoms with Crippen molar-refractivity contribution < 1.29 is 9.53 Å². The molecule has 1 heterocycles. The van der Waals surface area contributed by atoms with E-state index in [1.807, 2.05) is 54.7 Å². The number of carbonyl (C=O) groups is 1. The number of halogens is 1. The first-order chi connectivity index (χ1) is 13.6. The number of rotatable bonds is 7. The third-order valence-electron chi connectivity index (χ3n) is 5.13. The molecule has 6 heteroatoms. The second kappa shape index (κ2) is 7.94. The molecule has 4 rings (SSSR count). The summed E-state index contributed by atoms with van der Waals surface area (Å²) in [6.45, 7) is 0. The Balaban J connectivity index is 1.39. The Morgan fingerprint density at radius 2 is 1.96 bits per heavy atom. The van der Waals surface area contributed by atoms with Gasteiger partial charge in [0.05, 0.1) is 12.5 Å². The van der Waals surface area contributed by atoms with Gasteiger partial charge >= 0.3 is 0 Å². The molecule has 0 aliphatic heterocycles. The van der Waals surface area contributed by atoms with E-state index >= 15 is 0 Å². The normalized spacial score (nSPS) is 14.5. The molecule has 1 aliphatic rings. The molecule has 3 aromatic rings. The molecule has 0 unspecified atom stereocenters. The number of nitrogens with zero attached hydrogens (tertiary/aromatic N) is 1. The predicted octanol–water partition coefficient (Wildman–Crippen LogP) is 5.36. The number of nitrogens with one attached hydrogen (secondary N) is 1. The van der Waals surface area contributed by atoms with Crippen LogP contribution >= 0.6 is 22.9 Å². The molecular formula is C22H21ClN2O2S. The van der Waals surface area contributed by atoms with Crippen LogP contribution in [0, 0.1) is 5.41 Å². The molecule has 1 aliphatic carbocycles. The Bertz CT molecular complexity index is 980. The first-order valence-electron chi connectivity index (χ1n) is 9.20. The standard InChI is InChI=1S/C22H21ClN2O2S/c1-27-17-8-6-15(7-9-17)13-22(10-11-22)20(26)25-21-24-14-18(28-21)12-16-4-2-3-5-19(16)23/h2-9,14H,10-13H2,1H3,(H,24,25,26). The molecule has 144 valence electrons. The van der Waals surface area contributed by atoms with Crippen LogP contribution in [0.1, 0.15) is 28.8 Å². The summed E-state index contributed by atoms with van der Waals surface area (Å²) in [4.78, 5) is 18.3. The van der Waals surface area contributed by atoms with Gasteiger partial charge in [0, 0.05) is 22.5 Å². The molecule has 1 N–H and O–H groups in total. The maximum atomic E-state index is 12.9. The van der Waals surface area contributed by atoms with Gasteiger partial charge in [0.2, 0.25) is 5.91 Å². The second-order valence-electron chi connectivity index (χ2n) is 7.16. The van der Waals surface area contributed by atoms with Gasteiger partial charge in [-0.3, -0.25) is 4.79 Å². The summed E-state index contributed by atoms with van der Waals surface area (Å²) in [5.41, 5.74) is 1.89. The van der Waals surface area contributed by atoms with Crippen LogP contribution in [0.15, 0.2) is 54.7 Å². The third-order valence-corrected chi connectivity index (χ3v) is 6.41. The number of hydrogen-bond donors (Lipinski definition) is 1. The molecule has 1 aromatic heterocycles. The summed E-state index contributed by atoms with van der Waals surface area (Å²) in [5, 5.41) is 4.41. The van der Waals surface area contributed by atoms with Gasteiger partial charge < -0.3 is 10.1 Å². The van der Waals surface area contributed by atoms with Crippen molar-refractivity contribution >= 4 is 34.0 Å². The van der Waals surface area contributed by atoms with Crippen molar-refractivity contribution in [3.63, 3.8) is 0 Å². The van der Waals surface area contributed by atoms with E-state index in [1.165, 1.54) is 11.3 Å². The third kappa shape index (κ3) is 4.21. The van der Waals surface area contributed by atoms with Crippen LogP contribution < -0.4 is 10.1 Å². The van der Waals surface area contributed by atoms with E-state index in [4.69, 9.17) is 16.3 Å². The summed E-state index contributed by atoms with van der Waals surface area (Å²) in [5.74, 6) is 0.883. The smallest absolute Gasteiger partial charge is 0.232 e. The zero-order valence-electron chi connectivity index (χ0n) is 15.6. The lowest BCUT2D eigenvalue weighted by Crippen LogP contribution is -2.26. The number of hydrogen-bond acceptors (Lipinski definition) is 4. The van der Waals surface area contributed by atoms with Gasteiger partial charge in [0.25, 0.3) is 0 Å². The lowest BCUT2D eigenvalue weighted by molar-refractivity contribution is -0.121. The Hall–Kier alpha value is -2.37. The molecule has 0 atom stereocenters. The Kier molecular flexibility index (Phi) is 5.38. The van der Waals surface area contributed by atoms with Crippen LogP contribution in [-0.4, -0.2) is 18.0 Å². The molecule has 2 aromatic carbocycles. The van der Waals surface area contributed by atoms with Crippen LogP contribution in [0.5, 0.6) is 5.75 Å². The second-order valence-corrected chi connectivity index (χ2v) is 8.68. The predicted molar refractivity (Wildman–Crippen MR) is 113 cm³/mol. The SMILES string of the molecule is COc1ccc(CC2(C(=O)Nc3ncc(Cc4ccccc4Cl)s3)CC2)cc1. The first-order valence-corrected chi connectivity index (χ1v) is 10.4. The molecule has 0 spiro atoms. The average molecular weight is 413 g/mol. The van der Waals surface area contributed by atoms with Crippen LogP contribution in [0.3, 0.4) is 0 Å². The number of aromatic nitrogens is 1. The van der Waals surface area contributed by atoms with Gasteiger partial charge in [-0.25, -0.2) is 4.98 Å². The van der Waals surface area contributed by atoms with Gasteiger partial charge in [0.1, 0.15) is 5.75 Å². The molecule has 1 saturated carbocycles. The highest BCUT2D eigenvalue weighted by Crippen LogP contribution is 2.49. The average Bonchev–Trinajstić information content (AvgIpc) is 3.36. The van der Waals surface area contributed by atoms with Crippen molar-refractivity contribution in [2.45, 2.75) is 25.7 Å². The summed E-state index contributed by atoms with van der Waals surface area (Å²) < 4.78 is 5.20. The molecule has 1 amide bonds. The number of ether oxygens (including phenoxy) is 1. The topological polar surface area (TPSA) is 51.2 Å². The zero-order valence-corrected chi connectivity index (χ0v) is 17.1. The van der Waals surface area contributed by atoms with E-state index in [1.54, 1.807) is 7.11 Å². The van der Waals surface area contributed by atoms with Crippen molar-refractivity contribution in [3.8, 4) is 5.75 Å². The summed E-state index contributed by atoms with van der Waals surface area (Å²) in [6.07, 6.45) is 5.07. The number of thiazole rings is 1. The van der Waals surface area contributed by atoms with Crippen LogP contribution in [0.2, 0.25) is 5.02 Å². The number of anilines is 1. The van der Waals surface area contributed by atoms with Gasteiger partial charge in [-0.2, -0.15) is 0 Å². The monoisotopic (exact) mass is 412 g/mol. The van der Waals surface area contributed by atoms with Gasteiger partial charge in [-0.15, -0.1) is 11.3 Å². The summed E-state index contributed by atoms with van der Waals surface area (Å²) in [6, 6.07) is 15.7. The van der Waals surface area contributed by atoms with Crippen LogP contribution in [0.25, 0.3) is 0 Å². The summed E-state index contributed by atoms with van der Waals surface area (Å²) >= 11 is 7.74. The minimum atomic E-state index is -0.316. The quantitative estimate of drug-likeness (QED) is 0.568. The van der Waals surface area contributed by atoms with Crippen molar-refractivity contribution in [2.24, 2.45) is 5.41 Å². The Morgan fingerprint density at radius 3 is 2.64 bits per heavy atom. The van der Waals surface area contributed by atoms with E-state index in [0.717, 1.165) is 46.0 Å². The Morgan fingerprint density at radius 1 is 1.21 bits per heavy atom. The fourth-order valence-corrected chi connectivity index (χ4v) is 4.31. The highest BCUT2D eigenvalue weighted by atomic mass is 35.5. The van der Waals surface area contributed by atoms with Crippen molar-refractivity contribution in [2.75, 3.05) is 12.4 Å². The lowest BCUT2D eigenvalue weighted by atomic mass is 9.95. The van der Waals surface area contributed by atoms with Gasteiger partial charge in [0.15, 0.2) is 5.13 Å². The maximum Gasteiger partial charge on any atom is 0.232 e. The van der Waals surface area contributed by atoms with Crippen molar-refractivity contribution in [3.05, 3.63) is 75.8 Å². The molecule has 0 radical (unpaired) electrons. The van der Waals surface area contributed by atoms with Crippen molar-refractivity contribution in [1.82, 2.24) is 4.98 Å². The number of carbonyl (C=O) groups excluding carboxylic acids is 1. The van der Waals surface area contributed by atoms with Gasteiger partial charge in [-0.1, -0.05) is 41.9 Å². The van der Waals surface area contributed by atoms with E-state index in [-0.39, 0.29) is 11.3 Å².